The minimum Gasteiger partial charge on any atom is -0.438 e. The SMILES string of the molecule is CC(=O)N[C@@H](CCCN=C(N)N)C(=O)N[C@@H](CCCCNC(=O)c1cnco1)C(N)=O. The molecule has 0 saturated heterocycles. The highest BCUT2D eigenvalue weighted by atomic mass is 16.3. The van der Waals surface area contributed by atoms with Gasteiger partial charge in [-0.25, -0.2) is 4.98 Å². The maximum atomic E-state index is 12.5. The van der Waals surface area contributed by atoms with Gasteiger partial charge < -0.3 is 37.6 Å². The van der Waals surface area contributed by atoms with Crippen LogP contribution in [0.1, 0.15) is 49.6 Å². The number of hydrogen-bond donors (Lipinski definition) is 6. The van der Waals surface area contributed by atoms with E-state index in [9.17, 15) is 19.2 Å². The molecule has 0 unspecified atom stereocenters. The summed E-state index contributed by atoms with van der Waals surface area (Å²) in [6, 6.07) is -1.76. The van der Waals surface area contributed by atoms with E-state index in [0.717, 1.165) is 6.39 Å². The molecule has 0 fully saturated rings. The predicted octanol–water partition coefficient (Wildman–Crippen LogP) is -1.90. The second-order valence-electron chi connectivity index (χ2n) is 6.78. The van der Waals surface area contributed by atoms with Crippen molar-refractivity contribution in [3.8, 4) is 0 Å². The number of aromatic nitrogens is 1. The van der Waals surface area contributed by atoms with Crippen molar-refractivity contribution in [1.82, 2.24) is 20.9 Å². The Bertz CT molecular complexity index is 761. The Morgan fingerprint density at radius 2 is 1.77 bits per heavy atom. The smallest absolute Gasteiger partial charge is 0.288 e. The van der Waals surface area contributed by atoms with Crippen LogP contribution < -0.4 is 33.2 Å². The highest BCUT2D eigenvalue weighted by Gasteiger charge is 2.24. The maximum absolute atomic E-state index is 12.5. The first kappa shape index (κ1) is 25.4. The number of rotatable bonds is 14. The summed E-state index contributed by atoms with van der Waals surface area (Å²) < 4.78 is 4.88. The summed E-state index contributed by atoms with van der Waals surface area (Å²) in [6.45, 7) is 1.93. The summed E-state index contributed by atoms with van der Waals surface area (Å²) in [7, 11) is 0. The van der Waals surface area contributed by atoms with E-state index in [0.29, 0.717) is 32.4 Å². The minimum atomic E-state index is -0.911. The number of carbonyl (C=O) groups is 4. The van der Waals surface area contributed by atoms with Gasteiger partial charge in [-0.1, -0.05) is 0 Å². The van der Waals surface area contributed by atoms with Crippen LogP contribution in [-0.2, 0) is 14.4 Å². The van der Waals surface area contributed by atoms with Gasteiger partial charge in [0.25, 0.3) is 5.91 Å². The van der Waals surface area contributed by atoms with Gasteiger partial charge in [0.05, 0.1) is 6.20 Å². The highest BCUT2D eigenvalue weighted by Crippen LogP contribution is 2.04. The lowest BCUT2D eigenvalue weighted by Gasteiger charge is -2.21. The largest absolute Gasteiger partial charge is 0.438 e. The van der Waals surface area contributed by atoms with E-state index in [-0.39, 0.29) is 30.5 Å². The monoisotopic (exact) mass is 438 g/mol. The Kier molecular flexibility index (Phi) is 11.1. The van der Waals surface area contributed by atoms with Crippen LogP contribution >= 0.6 is 0 Å². The first-order valence-electron chi connectivity index (χ1n) is 9.79. The summed E-state index contributed by atoms with van der Waals surface area (Å²) in [6.07, 6.45) is 4.53. The molecule has 1 aromatic heterocycles. The molecular weight excluding hydrogens is 408 g/mol. The van der Waals surface area contributed by atoms with Crippen LogP contribution in [0.5, 0.6) is 0 Å². The molecule has 2 atom stereocenters. The van der Waals surface area contributed by atoms with Crippen molar-refractivity contribution >= 4 is 29.6 Å². The van der Waals surface area contributed by atoms with Crippen LogP contribution in [0.4, 0.5) is 0 Å². The van der Waals surface area contributed by atoms with Crippen molar-refractivity contribution in [2.45, 2.75) is 51.1 Å². The van der Waals surface area contributed by atoms with Crippen molar-refractivity contribution in [3.05, 3.63) is 18.4 Å². The zero-order chi connectivity index (χ0) is 23.2. The third-order valence-electron chi connectivity index (χ3n) is 4.16. The van der Waals surface area contributed by atoms with Gasteiger partial charge in [-0.05, 0) is 32.1 Å². The number of nitrogens with two attached hydrogens (primary N) is 3. The quantitative estimate of drug-likeness (QED) is 0.109. The summed E-state index contributed by atoms with van der Waals surface area (Å²) >= 11 is 0. The number of aliphatic imine (C=N–C) groups is 1. The third-order valence-corrected chi connectivity index (χ3v) is 4.16. The Labute approximate surface area is 179 Å². The fourth-order valence-corrected chi connectivity index (χ4v) is 2.67. The average Bonchev–Trinajstić information content (AvgIpc) is 3.23. The zero-order valence-corrected chi connectivity index (χ0v) is 17.4. The molecule has 0 aliphatic rings. The Morgan fingerprint density at radius 3 is 2.35 bits per heavy atom. The van der Waals surface area contributed by atoms with Gasteiger partial charge in [0.2, 0.25) is 23.5 Å². The average molecular weight is 438 g/mol. The topological polar surface area (TPSA) is 221 Å². The third kappa shape index (κ3) is 10.6. The van der Waals surface area contributed by atoms with Gasteiger partial charge >= 0.3 is 0 Å². The summed E-state index contributed by atoms with van der Waals surface area (Å²) in [5.41, 5.74) is 15.9. The molecule has 0 spiro atoms. The molecule has 1 rings (SSSR count). The number of carbonyl (C=O) groups excluding carboxylic acids is 4. The molecule has 0 radical (unpaired) electrons. The first-order chi connectivity index (χ1) is 14.7. The fraction of sp³-hybridized carbons (Fsp3) is 0.556. The Balaban J connectivity index is 2.46. The van der Waals surface area contributed by atoms with Crippen LogP contribution in [0.3, 0.4) is 0 Å². The molecular formula is C18H30N8O5. The number of amides is 4. The number of nitrogens with zero attached hydrogens (tertiary/aromatic N) is 2. The summed E-state index contributed by atoms with van der Waals surface area (Å²) in [5.74, 6) is -1.96. The molecule has 13 heteroatoms. The molecule has 0 aliphatic heterocycles. The molecule has 1 aromatic rings. The highest BCUT2D eigenvalue weighted by molar-refractivity contribution is 5.91. The molecule has 31 heavy (non-hydrogen) atoms. The van der Waals surface area contributed by atoms with Gasteiger partial charge in [-0.15, -0.1) is 0 Å². The number of oxazole rings is 1. The fourth-order valence-electron chi connectivity index (χ4n) is 2.67. The first-order valence-corrected chi connectivity index (χ1v) is 9.79. The molecule has 0 aliphatic carbocycles. The van der Waals surface area contributed by atoms with Gasteiger partial charge in [0, 0.05) is 20.0 Å². The molecule has 9 N–H and O–H groups in total. The van der Waals surface area contributed by atoms with Gasteiger partial charge in [-0.3, -0.25) is 24.2 Å². The molecule has 1 heterocycles. The number of hydrogen-bond acceptors (Lipinski definition) is 7. The molecule has 4 amide bonds. The van der Waals surface area contributed by atoms with Crippen molar-refractivity contribution in [3.63, 3.8) is 0 Å². The van der Waals surface area contributed by atoms with Gasteiger partial charge in [0.15, 0.2) is 12.4 Å². The number of unbranched alkanes of at least 4 members (excludes halogenated alkanes) is 1. The van der Waals surface area contributed by atoms with Gasteiger partial charge in [0.1, 0.15) is 12.1 Å². The van der Waals surface area contributed by atoms with Crippen LogP contribution in [-0.4, -0.2) is 59.7 Å². The van der Waals surface area contributed by atoms with Crippen molar-refractivity contribution in [2.24, 2.45) is 22.2 Å². The van der Waals surface area contributed by atoms with Gasteiger partial charge in [-0.2, -0.15) is 0 Å². The van der Waals surface area contributed by atoms with E-state index in [1.807, 2.05) is 0 Å². The Morgan fingerprint density at radius 1 is 1.06 bits per heavy atom. The lowest BCUT2D eigenvalue weighted by molar-refractivity contribution is -0.131. The zero-order valence-electron chi connectivity index (χ0n) is 17.4. The lowest BCUT2D eigenvalue weighted by atomic mass is 10.1. The van der Waals surface area contributed by atoms with E-state index in [2.05, 4.69) is 25.9 Å². The van der Waals surface area contributed by atoms with Crippen LogP contribution in [0.2, 0.25) is 0 Å². The summed E-state index contributed by atoms with van der Waals surface area (Å²) in [5, 5.41) is 7.76. The van der Waals surface area contributed by atoms with Crippen molar-refractivity contribution in [1.29, 1.82) is 0 Å². The molecule has 13 nitrogen and oxygen atoms in total. The van der Waals surface area contributed by atoms with E-state index >= 15 is 0 Å². The predicted molar refractivity (Wildman–Crippen MR) is 111 cm³/mol. The summed E-state index contributed by atoms with van der Waals surface area (Å²) in [4.78, 5) is 54.9. The van der Waals surface area contributed by atoms with Crippen LogP contribution in [0.15, 0.2) is 22.0 Å². The standard InChI is InChI=1S/C18H30N8O5/c1-11(27)25-13(6-4-8-24-18(20)21)16(29)26-12(15(19)28)5-2-3-7-23-17(30)14-9-22-10-31-14/h9-10,12-13H,2-8H2,1H3,(H2,19,28)(H,23,30)(H,25,27)(H,26,29)(H4,20,21,24)/t12-,13-/m0/s1. The van der Waals surface area contributed by atoms with E-state index in [1.54, 1.807) is 0 Å². The molecule has 0 bridgehead atoms. The van der Waals surface area contributed by atoms with E-state index in [1.165, 1.54) is 13.1 Å². The minimum absolute atomic E-state index is 0.0636. The normalized spacial score (nSPS) is 12.3. The number of guanidine groups is 1. The Hall–Kier alpha value is -3.64. The molecule has 0 aromatic carbocycles. The number of primary amides is 1. The van der Waals surface area contributed by atoms with Crippen molar-refractivity contribution in [2.75, 3.05) is 13.1 Å². The van der Waals surface area contributed by atoms with E-state index < -0.39 is 29.8 Å². The lowest BCUT2D eigenvalue weighted by Crippen LogP contribution is -2.52. The van der Waals surface area contributed by atoms with Crippen LogP contribution in [0, 0.1) is 0 Å². The second-order valence-corrected chi connectivity index (χ2v) is 6.78. The van der Waals surface area contributed by atoms with E-state index in [4.69, 9.17) is 21.6 Å². The van der Waals surface area contributed by atoms with Crippen LogP contribution in [0.25, 0.3) is 0 Å². The number of nitrogens with one attached hydrogen (secondary N) is 3. The van der Waals surface area contributed by atoms with Crippen molar-refractivity contribution < 1.29 is 23.6 Å². The maximum Gasteiger partial charge on any atom is 0.288 e. The molecule has 172 valence electrons. The second kappa shape index (κ2) is 13.6. The molecule has 0 saturated carbocycles.